The molecule has 3 rings (SSSR count). The Morgan fingerprint density at radius 2 is 1.39 bits per heavy atom. The summed E-state index contributed by atoms with van der Waals surface area (Å²) in [5, 5.41) is 2.40. The van der Waals surface area contributed by atoms with Crippen LogP contribution >= 0.6 is 0 Å². The highest BCUT2D eigenvalue weighted by atomic mass is 19.4. The lowest BCUT2D eigenvalue weighted by Crippen LogP contribution is -2.32. The fraction of sp³-hybridized carbons (Fsp3) is 0.316. The second-order valence-corrected chi connectivity index (χ2v) is 6.76. The first kappa shape index (κ1) is 20.2. The van der Waals surface area contributed by atoms with Crippen LogP contribution < -0.4 is 5.32 Å². The Hall–Kier alpha value is -2.58. The van der Waals surface area contributed by atoms with E-state index >= 15 is 0 Å². The van der Waals surface area contributed by atoms with Gasteiger partial charge in [0.05, 0.1) is 11.1 Å². The van der Waals surface area contributed by atoms with Gasteiger partial charge in [-0.05, 0) is 48.7 Å². The Kier molecular flexibility index (Phi) is 4.89. The van der Waals surface area contributed by atoms with Crippen molar-refractivity contribution in [2.45, 2.75) is 30.6 Å². The van der Waals surface area contributed by atoms with Gasteiger partial charge in [0, 0.05) is 17.5 Å². The Bertz CT molecular complexity index is 848. The Morgan fingerprint density at radius 1 is 0.893 bits per heavy atom. The van der Waals surface area contributed by atoms with Crippen LogP contribution in [0.1, 0.15) is 39.9 Å². The lowest BCUT2D eigenvalue weighted by Gasteiger charge is -2.18. The highest BCUT2D eigenvalue weighted by molar-refractivity contribution is 5.94. The van der Waals surface area contributed by atoms with Crippen molar-refractivity contribution in [2.75, 3.05) is 6.54 Å². The van der Waals surface area contributed by atoms with Crippen molar-refractivity contribution in [3.8, 4) is 0 Å². The zero-order chi connectivity index (χ0) is 20.7. The van der Waals surface area contributed by atoms with Crippen molar-refractivity contribution >= 4 is 5.91 Å². The van der Waals surface area contributed by atoms with Gasteiger partial charge in [0.1, 0.15) is 5.82 Å². The van der Waals surface area contributed by atoms with E-state index < -0.39 is 46.2 Å². The zero-order valence-corrected chi connectivity index (χ0v) is 14.2. The van der Waals surface area contributed by atoms with E-state index in [2.05, 4.69) is 5.32 Å². The molecular formula is C19H14F7NO. The van der Waals surface area contributed by atoms with E-state index in [9.17, 15) is 35.5 Å². The molecule has 0 unspecified atom stereocenters. The van der Waals surface area contributed by atoms with E-state index in [1.165, 1.54) is 12.1 Å². The number of benzene rings is 2. The average molecular weight is 405 g/mol. The lowest BCUT2D eigenvalue weighted by atomic mass is 9.95. The van der Waals surface area contributed by atoms with Crippen molar-refractivity contribution in [1.82, 2.24) is 5.32 Å². The van der Waals surface area contributed by atoms with Gasteiger partial charge in [-0.15, -0.1) is 0 Å². The van der Waals surface area contributed by atoms with Crippen LogP contribution in [0.4, 0.5) is 30.7 Å². The molecule has 1 N–H and O–H groups in total. The predicted octanol–water partition coefficient (Wildman–Crippen LogP) is 5.32. The molecule has 0 bridgehead atoms. The van der Waals surface area contributed by atoms with Crippen LogP contribution in [0.5, 0.6) is 0 Å². The van der Waals surface area contributed by atoms with E-state index in [-0.39, 0.29) is 12.6 Å². The van der Waals surface area contributed by atoms with Gasteiger partial charge in [0.2, 0.25) is 0 Å². The maximum absolute atomic E-state index is 13.0. The van der Waals surface area contributed by atoms with Gasteiger partial charge >= 0.3 is 12.4 Å². The minimum absolute atomic E-state index is 0.0229. The maximum atomic E-state index is 13.0. The molecule has 0 radical (unpaired) electrons. The summed E-state index contributed by atoms with van der Waals surface area (Å²) in [5.74, 6) is -1.47. The van der Waals surface area contributed by atoms with Crippen LogP contribution in [0.25, 0.3) is 0 Å². The van der Waals surface area contributed by atoms with Crippen LogP contribution in [0.2, 0.25) is 0 Å². The Labute approximate surface area is 155 Å². The topological polar surface area (TPSA) is 29.1 Å². The molecule has 2 aromatic rings. The van der Waals surface area contributed by atoms with E-state index in [1.54, 1.807) is 12.1 Å². The summed E-state index contributed by atoms with van der Waals surface area (Å²) in [6, 6.07) is 6.34. The fourth-order valence-corrected chi connectivity index (χ4v) is 2.96. The second kappa shape index (κ2) is 6.79. The molecule has 1 aliphatic carbocycles. The minimum atomic E-state index is -5.03. The van der Waals surface area contributed by atoms with Gasteiger partial charge in [0.25, 0.3) is 5.91 Å². The van der Waals surface area contributed by atoms with Gasteiger partial charge < -0.3 is 5.32 Å². The molecule has 1 fully saturated rings. The molecule has 2 aromatic carbocycles. The number of amides is 1. The van der Waals surface area contributed by atoms with E-state index in [1.807, 2.05) is 0 Å². The third-order valence-corrected chi connectivity index (χ3v) is 4.75. The molecule has 150 valence electrons. The van der Waals surface area contributed by atoms with Crippen molar-refractivity contribution in [3.05, 3.63) is 70.5 Å². The van der Waals surface area contributed by atoms with Crippen molar-refractivity contribution in [2.24, 2.45) is 0 Å². The molecule has 1 amide bonds. The number of rotatable bonds is 4. The smallest absolute Gasteiger partial charge is 0.351 e. The first-order valence-electron chi connectivity index (χ1n) is 8.24. The zero-order valence-electron chi connectivity index (χ0n) is 14.2. The van der Waals surface area contributed by atoms with Gasteiger partial charge in [-0.2, -0.15) is 26.3 Å². The van der Waals surface area contributed by atoms with E-state index in [0.717, 1.165) is 5.56 Å². The normalized spacial score (nSPS) is 16.0. The third kappa shape index (κ3) is 4.28. The monoisotopic (exact) mass is 405 g/mol. The Morgan fingerprint density at radius 3 is 1.82 bits per heavy atom. The second-order valence-electron chi connectivity index (χ2n) is 6.76. The van der Waals surface area contributed by atoms with Gasteiger partial charge in [-0.3, -0.25) is 4.79 Å². The van der Waals surface area contributed by atoms with Crippen LogP contribution in [0.3, 0.4) is 0 Å². The number of alkyl halides is 6. The van der Waals surface area contributed by atoms with Crippen molar-refractivity contribution in [3.63, 3.8) is 0 Å². The number of hydrogen-bond acceptors (Lipinski definition) is 1. The van der Waals surface area contributed by atoms with Crippen LogP contribution in [0.15, 0.2) is 42.5 Å². The lowest BCUT2D eigenvalue weighted by molar-refractivity contribution is -0.143. The quantitative estimate of drug-likeness (QED) is 0.685. The summed E-state index contributed by atoms with van der Waals surface area (Å²) in [6.07, 6.45) is -8.73. The number of carbonyl (C=O) groups excluding carboxylic acids is 1. The average Bonchev–Trinajstić information content (AvgIpc) is 3.39. The molecule has 0 saturated heterocycles. The summed E-state index contributed by atoms with van der Waals surface area (Å²) in [5.41, 5.74) is -3.57. The van der Waals surface area contributed by atoms with E-state index in [4.69, 9.17) is 0 Å². The number of nitrogens with one attached hydrogen (secondary N) is 1. The molecule has 0 aromatic heterocycles. The summed E-state index contributed by atoms with van der Waals surface area (Å²) < 4.78 is 90.5. The predicted molar refractivity (Wildman–Crippen MR) is 86.1 cm³/mol. The highest BCUT2D eigenvalue weighted by Crippen LogP contribution is 2.47. The summed E-state index contributed by atoms with van der Waals surface area (Å²) >= 11 is 0. The molecule has 0 aliphatic heterocycles. The first-order chi connectivity index (χ1) is 12.9. The minimum Gasteiger partial charge on any atom is -0.351 e. The summed E-state index contributed by atoms with van der Waals surface area (Å²) in [7, 11) is 0. The maximum Gasteiger partial charge on any atom is 0.416 e. The number of carbonyl (C=O) groups is 1. The standard InChI is InChI=1S/C19H14F7NO/c20-15-3-1-12(2-4-15)17(5-6-17)10-27-16(28)11-7-13(18(21,22)23)9-14(8-11)19(24,25)26/h1-4,7-9H,5-6,10H2,(H,27,28). The summed E-state index contributed by atoms with van der Waals surface area (Å²) in [6.45, 7) is 0.0229. The number of halogens is 7. The summed E-state index contributed by atoms with van der Waals surface area (Å²) in [4.78, 5) is 12.3. The molecular weight excluding hydrogens is 391 g/mol. The molecule has 28 heavy (non-hydrogen) atoms. The van der Waals surface area contributed by atoms with Gasteiger partial charge in [-0.1, -0.05) is 12.1 Å². The van der Waals surface area contributed by atoms with E-state index in [0.29, 0.717) is 25.0 Å². The van der Waals surface area contributed by atoms with Crippen LogP contribution in [-0.2, 0) is 17.8 Å². The number of hydrogen-bond donors (Lipinski definition) is 1. The van der Waals surface area contributed by atoms with Gasteiger partial charge in [-0.25, -0.2) is 4.39 Å². The first-order valence-corrected chi connectivity index (χ1v) is 8.24. The van der Waals surface area contributed by atoms with Crippen LogP contribution in [-0.4, -0.2) is 12.5 Å². The molecule has 0 spiro atoms. The molecule has 2 nitrogen and oxygen atoms in total. The molecule has 1 saturated carbocycles. The SMILES string of the molecule is O=C(NCC1(c2ccc(F)cc2)CC1)c1cc(C(F)(F)F)cc(C(F)(F)F)c1. The van der Waals surface area contributed by atoms with Crippen LogP contribution in [0, 0.1) is 5.82 Å². The molecule has 0 atom stereocenters. The highest BCUT2D eigenvalue weighted by Gasteiger charge is 2.44. The van der Waals surface area contributed by atoms with Gasteiger partial charge in [0.15, 0.2) is 0 Å². The largest absolute Gasteiger partial charge is 0.416 e. The molecule has 9 heteroatoms. The Balaban J connectivity index is 1.81. The third-order valence-electron chi connectivity index (χ3n) is 4.75. The van der Waals surface area contributed by atoms with Crippen molar-refractivity contribution < 1.29 is 35.5 Å². The molecule has 1 aliphatic rings. The van der Waals surface area contributed by atoms with Crippen molar-refractivity contribution in [1.29, 1.82) is 0 Å². The molecule has 0 heterocycles. The fourth-order valence-electron chi connectivity index (χ4n) is 2.96.